The SMILES string of the molecule is CC1=C(C)C[C@@H](C(=O)N2CCOC2=O)CC1. The highest BCUT2D eigenvalue weighted by Gasteiger charge is 2.34. The summed E-state index contributed by atoms with van der Waals surface area (Å²) >= 11 is 0. The molecule has 88 valence electrons. The predicted molar refractivity (Wildman–Crippen MR) is 58.8 cm³/mol. The first-order valence-electron chi connectivity index (χ1n) is 5.73. The fourth-order valence-electron chi connectivity index (χ4n) is 2.27. The molecule has 0 unspecified atom stereocenters. The molecule has 2 aliphatic rings. The molecule has 4 heteroatoms. The van der Waals surface area contributed by atoms with Crippen LogP contribution in [0.4, 0.5) is 4.79 Å². The fraction of sp³-hybridized carbons (Fsp3) is 0.667. The van der Waals surface area contributed by atoms with Crippen LogP contribution in [0.3, 0.4) is 0 Å². The average molecular weight is 223 g/mol. The zero-order valence-corrected chi connectivity index (χ0v) is 9.78. The van der Waals surface area contributed by atoms with Crippen LogP contribution in [0.15, 0.2) is 11.1 Å². The van der Waals surface area contributed by atoms with Gasteiger partial charge in [-0.2, -0.15) is 0 Å². The molecule has 1 saturated heterocycles. The molecule has 1 aliphatic carbocycles. The molecule has 0 spiro atoms. The molecule has 0 aromatic carbocycles. The number of hydrogen-bond donors (Lipinski definition) is 0. The van der Waals surface area contributed by atoms with Gasteiger partial charge in [-0.05, 0) is 33.1 Å². The Bertz CT molecular complexity index is 359. The summed E-state index contributed by atoms with van der Waals surface area (Å²) in [4.78, 5) is 24.6. The van der Waals surface area contributed by atoms with Crippen LogP contribution in [0.25, 0.3) is 0 Å². The lowest BCUT2D eigenvalue weighted by Gasteiger charge is -2.25. The largest absolute Gasteiger partial charge is 0.447 e. The third-order valence-electron chi connectivity index (χ3n) is 3.53. The molecule has 0 N–H and O–H groups in total. The molecular weight excluding hydrogens is 206 g/mol. The summed E-state index contributed by atoms with van der Waals surface area (Å²) in [6.07, 6.45) is 2.12. The maximum atomic E-state index is 12.1. The van der Waals surface area contributed by atoms with E-state index in [0.717, 1.165) is 19.3 Å². The van der Waals surface area contributed by atoms with E-state index in [1.165, 1.54) is 16.0 Å². The van der Waals surface area contributed by atoms with Crippen LogP contribution in [0.5, 0.6) is 0 Å². The molecule has 1 heterocycles. The minimum atomic E-state index is -0.478. The van der Waals surface area contributed by atoms with Crippen molar-refractivity contribution in [2.45, 2.75) is 33.1 Å². The molecule has 2 rings (SSSR count). The van der Waals surface area contributed by atoms with Crippen molar-refractivity contribution in [2.75, 3.05) is 13.2 Å². The summed E-state index contributed by atoms with van der Waals surface area (Å²) in [6.45, 7) is 4.93. The monoisotopic (exact) mass is 223 g/mol. The quantitative estimate of drug-likeness (QED) is 0.639. The smallest absolute Gasteiger partial charge is 0.416 e. The normalized spacial score (nSPS) is 26.0. The van der Waals surface area contributed by atoms with Crippen molar-refractivity contribution in [3.8, 4) is 0 Å². The second-order valence-electron chi connectivity index (χ2n) is 4.60. The minimum absolute atomic E-state index is 0.0330. The predicted octanol–water partition coefficient (Wildman–Crippen LogP) is 2.10. The van der Waals surface area contributed by atoms with Gasteiger partial charge in [0.05, 0.1) is 6.54 Å². The van der Waals surface area contributed by atoms with Gasteiger partial charge >= 0.3 is 6.09 Å². The number of allylic oxidation sites excluding steroid dienone is 2. The Labute approximate surface area is 95.2 Å². The Morgan fingerprint density at radius 2 is 2.12 bits per heavy atom. The second kappa shape index (κ2) is 4.28. The summed E-state index contributed by atoms with van der Waals surface area (Å²) in [5.41, 5.74) is 2.67. The van der Waals surface area contributed by atoms with E-state index in [2.05, 4.69) is 13.8 Å². The van der Waals surface area contributed by atoms with Gasteiger partial charge in [0.15, 0.2) is 0 Å². The average Bonchev–Trinajstić information content (AvgIpc) is 2.67. The van der Waals surface area contributed by atoms with Crippen LogP contribution in [-0.4, -0.2) is 30.1 Å². The topological polar surface area (TPSA) is 46.6 Å². The Hall–Kier alpha value is -1.32. The Morgan fingerprint density at radius 1 is 1.38 bits per heavy atom. The van der Waals surface area contributed by atoms with Gasteiger partial charge in [-0.3, -0.25) is 4.79 Å². The Morgan fingerprint density at radius 3 is 2.69 bits per heavy atom. The number of carbonyl (C=O) groups is 2. The molecule has 0 aromatic rings. The van der Waals surface area contributed by atoms with Gasteiger partial charge in [-0.25, -0.2) is 9.69 Å². The highest BCUT2D eigenvalue weighted by molar-refractivity contribution is 5.94. The van der Waals surface area contributed by atoms with Crippen LogP contribution >= 0.6 is 0 Å². The summed E-state index contributed by atoms with van der Waals surface area (Å²) in [5, 5.41) is 0. The standard InChI is InChI=1S/C12H17NO3/c1-8-3-4-10(7-9(8)2)11(14)13-5-6-16-12(13)15/h10H,3-7H2,1-2H3/t10-/m0/s1. The van der Waals surface area contributed by atoms with Gasteiger partial charge in [0.25, 0.3) is 0 Å². The Balaban J connectivity index is 2.04. The first-order valence-corrected chi connectivity index (χ1v) is 5.73. The van der Waals surface area contributed by atoms with Crippen LogP contribution in [0.1, 0.15) is 33.1 Å². The van der Waals surface area contributed by atoms with Crippen molar-refractivity contribution in [1.82, 2.24) is 4.90 Å². The maximum absolute atomic E-state index is 12.1. The molecule has 4 nitrogen and oxygen atoms in total. The van der Waals surface area contributed by atoms with E-state index in [4.69, 9.17) is 4.74 Å². The summed E-state index contributed by atoms with van der Waals surface area (Å²) in [7, 11) is 0. The number of rotatable bonds is 1. The number of ether oxygens (including phenoxy) is 1. The summed E-state index contributed by atoms with van der Waals surface area (Å²) in [6, 6.07) is 0. The van der Waals surface area contributed by atoms with E-state index in [1.807, 2.05) is 0 Å². The molecule has 0 radical (unpaired) electrons. The van der Waals surface area contributed by atoms with Crippen LogP contribution in [0, 0.1) is 5.92 Å². The van der Waals surface area contributed by atoms with E-state index < -0.39 is 6.09 Å². The van der Waals surface area contributed by atoms with Crippen molar-refractivity contribution in [2.24, 2.45) is 5.92 Å². The van der Waals surface area contributed by atoms with Gasteiger partial charge in [0.1, 0.15) is 6.61 Å². The Kier molecular flexibility index (Phi) is 2.99. The molecule has 0 bridgehead atoms. The zero-order chi connectivity index (χ0) is 11.7. The highest BCUT2D eigenvalue weighted by atomic mass is 16.6. The van der Waals surface area contributed by atoms with Crippen LogP contribution in [0.2, 0.25) is 0 Å². The fourth-order valence-corrected chi connectivity index (χ4v) is 2.27. The lowest BCUT2D eigenvalue weighted by Crippen LogP contribution is -2.37. The van der Waals surface area contributed by atoms with Crippen LogP contribution < -0.4 is 0 Å². The number of imide groups is 1. The minimum Gasteiger partial charge on any atom is -0.447 e. The summed E-state index contributed by atoms with van der Waals surface area (Å²) in [5.74, 6) is -0.0938. The van der Waals surface area contributed by atoms with Crippen molar-refractivity contribution in [1.29, 1.82) is 0 Å². The van der Waals surface area contributed by atoms with Crippen LogP contribution in [-0.2, 0) is 9.53 Å². The number of carbonyl (C=O) groups excluding carboxylic acids is 2. The van der Waals surface area contributed by atoms with Gasteiger partial charge < -0.3 is 4.74 Å². The maximum Gasteiger partial charge on any atom is 0.416 e. The summed E-state index contributed by atoms with van der Waals surface area (Å²) < 4.78 is 4.78. The first kappa shape index (κ1) is 11.2. The van der Waals surface area contributed by atoms with Crippen molar-refractivity contribution in [3.05, 3.63) is 11.1 Å². The lowest BCUT2D eigenvalue weighted by molar-refractivity contribution is -0.132. The number of cyclic esters (lactones) is 1. The lowest BCUT2D eigenvalue weighted by atomic mass is 9.84. The zero-order valence-electron chi connectivity index (χ0n) is 9.78. The number of nitrogens with zero attached hydrogens (tertiary/aromatic N) is 1. The van der Waals surface area contributed by atoms with Gasteiger partial charge in [0.2, 0.25) is 5.91 Å². The van der Waals surface area contributed by atoms with Crippen molar-refractivity contribution >= 4 is 12.0 Å². The molecular formula is C12H17NO3. The van der Waals surface area contributed by atoms with Crippen molar-refractivity contribution in [3.63, 3.8) is 0 Å². The van der Waals surface area contributed by atoms with E-state index >= 15 is 0 Å². The van der Waals surface area contributed by atoms with E-state index in [9.17, 15) is 9.59 Å². The number of amides is 2. The first-order chi connectivity index (χ1) is 7.59. The third kappa shape index (κ3) is 1.96. The molecule has 2 amide bonds. The van der Waals surface area contributed by atoms with E-state index in [0.29, 0.717) is 13.2 Å². The van der Waals surface area contributed by atoms with Gasteiger partial charge in [-0.15, -0.1) is 0 Å². The van der Waals surface area contributed by atoms with Gasteiger partial charge in [-0.1, -0.05) is 11.1 Å². The molecule has 1 aliphatic heterocycles. The van der Waals surface area contributed by atoms with E-state index in [1.54, 1.807) is 0 Å². The van der Waals surface area contributed by atoms with E-state index in [-0.39, 0.29) is 11.8 Å². The van der Waals surface area contributed by atoms with Crippen molar-refractivity contribution < 1.29 is 14.3 Å². The molecule has 0 saturated carbocycles. The van der Waals surface area contributed by atoms with Gasteiger partial charge in [0, 0.05) is 5.92 Å². The molecule has 1 fully saturated rings. The highest BCUT2D eigenvalue weighted by Crippen LogP contribution is 2.30. The number of hydrogen-bond acceptors (Lipinski definition) is 3. The molecule has 0 aromatic heterocycles. The molecule has 16 heavy (non-hydrogen) atoms. The third-order valence-corrected chi connectivity index (χ3v) is 3.53. The second-order valence-corrected chi connectivity index (χ2v) is 4.60. The molecule has 1 atom stereocenters.